The minimum atomic E-state index is 0.876. The van der Waals surface area contributed by atoms with E-state index in [9.17, 15) is 0 Å². The van der Waals surface area contributed by atoms with Crippen LogP contribution in [0.4, 0.5) is 0 Å². The SMILES string of the molecule is c1ccc2c3cc(-c4ccc5oc6ccc(-c7ccc8oc9ccc(-c%10ccc%11c(c%10)c%10ccccc%10n%11C%10=CCCC=C%10)cc9c8c7)cc6c5c4)ccc3n(C3=CCCC=C3)c2c#1. The zero-order valence-electron chi connectivity index (χ0n) is 34.9. The highest BCUT2D eigenvalue weighted by molar-refractivity contribution is 6.14. The van der Waals surface area contributed by atoms with Crippen LogP contribution < -0.4 is 0 Å². The van der Waals surface area contributed by atoms with Crippen molar-refractivity contribution >= 4 is 98.9 Å². The number of fused-ring (bicyclic) bond motifs is 12. The lowest BCUT2D eigenvalue weighted by Gasteiger charge is -2.12. The van der Waals surface area contributed by atoms with Gasteiger partial charge >= 0.3 is 0 Å². The van der Waals surface area contributed by atoms with Gasteiger partial charge in [0, 0.05) is 54.5 Å². The van der Waals surface area contributed by atoms with Crippen molar-refractivity contribution in [3.8, 4) is 33.4 Å². The smallest absolute Gasteiger partial charge is 0.135 e. The van der Waals surface area contributed by atoms with E-state index in [4.69, 9.17) is 8.83 Å². The van der Waals surface area contributed by atoms with Crippen molar-refractivity contribution < 1.29 is 8.83 Å². The highest BCUT2D eigenvalue weighted by atomic mass is 16.3. The molecule has 4 heteroatoms. The lowest BCUT2D eigenvalue weighted by molar-refractivity contribution is 0.668. The third kappa shape index (κ3) is 5.31. The second-order valence-electron chi connectivity index (χ2n) is 17.3. The first kappa shape index (κ1) is 35.3. The fourth-order valence-corrected chi connectivity index (χ4v) is 10.5. The number of aromatic nitrogens is 2. The minimum Gasteiger partial charge on any atom is -0.456 e. The topological polar surface area (TPSA) is 36.1 Å². The van der Waals surface area contributed by atoms with Crippen molar-refractivity contribution in [2.75, 3.05) is 0 Å². The Labute approximate surface area is 368 Å². The van der Waals surface area contributed by atoms with E-state index in [0.717, 1.165) is 97.3 Å². The van der Waals surface area contributed by atoms with Crippen molar-refractivity contribution in [3.63, 3.8) is 0 Å². The van der Waals surface area contributed by atoms with Crippen molar-refractivity contribution in [3.05, 3.63) is 194 Å². The van der Waals surface area contributed by atoms with Crippen molar-refractivity contribution in [1.82, 2.24) is 9.13 Å². The molecule has 0 radical (unpaired) electrons. The molecule has 4 nitrogen and oxygen atoms in total. The molecule has 0 saturated carbocycles. The summed E-state index contributed by atoms with van der Waals surface area (Å²) in [5.74, 6) is 0. The van der Waals surface area contributed by atoms with E-state index in [1.165, 1.54) is 60.6 Å². The summed E-state index contributed by atoms with van der Waals surface area (Å²) in [7, 11) is 0. The number of allylic oxidation sites excluding steroid dienone is 8. The third-order valence-corrected chi connectivity index (χ3v) is 13.6. The monoisotopic (exact) mass is 818 g/mol. The molecule has 12 aromatic rings. The van der Waals surface area contributed by atoms with Gasteiger partial charge in [0.2, 0.25) is 0 Å². The van der Waals surface area contributed by atoms with Crippen molar-refractivity contribution in [2.24, 2.45) is 0 Å². The molecule has 0 aliphatic heterocycles. The quantitative estimate of drug-likeness (QED) is 0.173. The van der Waals surface area contributed by atoms with E-state index in [1.807, 2.05) is 6.07 Å². The van der Waals surface area contributed by atoms with Gasteiger partial charge in [0.25, 0.3) is 0 Å². The summed E-state index contributed by atoms with van der Waals surface area (Å²) in [4.78, 5) is 0. The fraction of sp³-hybridized carbons (Fsp3) is 0.0667. The fourth-order valence-electron chi connectivity index (χ4n) is 10.5. The lowest BCUT2D eigenvalue weighted by atomic mass is 9.98. The number of hydrogen-bond acceptors (Lipinski definition) is 2. The number of benzene rings is 7. The van der Waals surface area contributed by atoms with E-state index in [-0.39, 0.29) is 0 Å². The molecule has 0 saturated heterocycles. The maximum Gasteiger partial charge on any atom is 0.135 e. The molecular formula is C60H38N2O2. The summed E-state index contributed by atoms with van der Waals surface area (Å²) in [6.45, 7) is 0. The Morgan fingerprint density at radius 2 is 0.812 bits per heavy atom. The summed E-state index contributed by atoms with van der Waals surface area (Å²) in [5.41, 5.74) is 17.6. The molecule has 0 bridgehead atoms. The Hall–Kier alpha value is -8.26. The van der Waals surface area contributed by atoms with Gasteiger partial charge in [-0.2, -0.15) is 0 Å². The highest BCUT2D eigenvalue weighted by Crippen LogP contribution is 2.41. The predicted octanol–water partition coefficient (Wildman–Crippen LogP) is 16.7. The lowest BCUT2D eigenvalue weighted by Crippen LogP contribution is -1.96. The van der Waals surface area contributed by atoms with Gasteiger partial charge in [-0.1, -0.05) is 85.0 Å². The number of furan rings is 2. The van der Waals surface area contributed by atoms with Gasteiger partial charge in [-0.3, -0.25) is 0 Å². The standard InChI is InChI=1S/C60H38N2O2/c1-3-11-43(12-4-1)61-53-17-9-7-15-45(53)47-31-37(19-25-55(47)61)39-21-27-57-49(33-39)51-35-41(23-29-59(51)63-57)42-24-30-60-52(36-42)50-34-40(22-28-58(50)64-60)38-20-26-56-48(32-38)46-16-8-10-18-54(46)62(56)44-13-5-2-6-14-44/h3,5,7-9,11-17,19-36H,1-2,4,6H2. The first-order valence-electron chi connectivity index (χ1n) is 22.3. The number of hydrogen-bond donors (Lipinski definition) is 0. The van der Waals surface area contributed by atoms with Gasteiger partial charge in [-0.05, 0) is 168 Å². The van der Waals surface area contributed by atoms with Crippen LogP contribution in [-0.4, -0.2) is 9.13 Å². The van der Waals surface area contributed by atoms with Gasteiger partial charge in [-0.25, -0.2) is 0 Å². The Morgan fingerprint density at radius 3 is 1.33 bits per heavy atom. The minimum absolute atomic E-state index is 0.876. The summed E-state index contributed by atoms with van der Waals surface area (Å²) in [6.07, 6.45) is 18.0. The maximum atomic E-state index is 6.44. The van der Waals surface area contributed by atoms with Gasteiger partial charge in [0.15, 0.2) is 0 Å². The average Bonchev–Trinajstić information content (AvgIpc) is 4.11. The molecule has 14 rings (SSSR count). The molecule has 0 spiro atoms. The van der Waals surface area contributed by atoms with E-state index in [2.05, 4.69) is 197 Å². The molecule has 4 aromatic heterocycles. The molecule has 2 aliphatic carbocycles. The first-order chi connectivity index (χ1) is 31.7. The Kier molecular flexibility index (Phi) is 7.52. The highest BCUT2D eigenvalue weighted by Gasteiger charge is 2.18. The largest absolute Gasteiger partial charge is 0.456 e. The molecule has 0 unspecified atom stereocenters. The molecule has 300 valence electrons. The summed E-state index contributed by atoms with van der Waals surface area (Å²) in [6, 6.07) is 59.5. The molecule has 0 N–H and O–H groups in total. The van der Waals surface area contributed by atoms with Crippen LogP contribution in [0.25, 0.3) is 132 Å². The second kappa shape index (κ2) is 13.6. The summed E-state index contributed by atoms with van der Waals surface area (Å²) >= 11 is 0. The Bertz CT molecular complexity index is 3810. The van der Waals surface area contributed by atoms with Gasteiger partial charge < -0.3 is 18.0 Å². The van der Waals surface area contributed by atoms with Crippen LogP contribution in [0, 0.1) is 12.1 Å². The molecular weight excluding hydrogens is 781 g/mol. The Balaban J connectivity index is 0.846. The molecule has 0 fully saturated rings. The molecule has 8 aromatic carbocycles. The van der Waals surface area contributed by atoms with Gasteiger partial charge in [0.05, 0.1) is 16.6 Å². The van der Waals surface area contributed by atoms with Crippen LogP contribution in [0.15, 0.2) is 191 Å². The summed E-state index contributed by atoms with van der Waals surface area (Å²) < 4.78 is 17.6. The predicted molar refractivity (Wildman–Crippen MR) is 266 cm³/mol. The van der Waals surface area contributed by atoms with Crippen LogP contribution in [0.2, 0.25) is 0 Å². The van der Waals surface area contributed by atoms with Crippen LogP contribution in [0.5, 0.6) is 0 Å². The molecule has 0 amide bonds. The third-order valence-electron chi connectivity index (χ3n) is 13.6. The molecule has 4 heterocycles. The van der Waals surface area contributed by atoms with E-state index in [0.29, 0.717) is 0 Å². The second-order valence-corrected chi connectivity index (χ2v) is 17.3. The Morgan fingerprint density at radius 1 is 0.375 bits per heavy atom. The van der Waals surface area contributed by atoms with E-state index in [1.54, 1.807) is 0 Å². The average molecular weight is 819 g/mol. The van der Waals surface area contributed by atoms with Crippen molar-refractivity contribution in [2.45, 2.75) is 25.7 Å². The van der Waals surface area contributed by atoms with Crippen molar-refractivity contribution in [1.29, 1.82) is 0 Å². The number of para-hydroxylation sites is 1. The molecule has 0 atom stereocenters. The zero-order chi connectivity index (χ0) is 41.9. The zero-order valence-corrected chi connectivity index (χ0v) is 34.9. The first-order valence-corrected chi connectivity index (χ1v) is 22.3. The molecule has 2 aliphatic rings. The summed E-state index contributed by atoms with van der Waals surface area (Å²) in [5, 5.41) is 9.32. The maximum absolute atomic E-state index is 6.44. The van der Waals surface area contributed by atoms with Crippen LogP contribution >= 0.6 is 0 Å². The van der Waals surface area contributed by atoms with E-state index < -0.39 is 0 Å². The van der Waals surface area contributed by atoms with Gasteiger partial charge in [-0.15, -0.1) is 0 Å². The molecule has 64 heavy (non-hydrogen) atoms. The van der Waals surface area contributed by atoms with Crippen LogP contribution in [-0.2, 0) is 0 Å². The van der Waals surface area contributed by atoms with E-state index >= 15 is 0 Å². The van der Waals surface area contributed by atoms with Crippen LogP contribution in [0.3, 0.4) is 0 Å². The normalized spacial score (nSPS) is 14.2. The van der Waals surface area contributed by atoms with Gasteiger partial charge in [0.1, 0.15) is 27.8 Å². The van der Waals surface area contributed by atoms with Crippen LogP contribution in [0.1, 0.15) is 25.7 Å². The number of rotatable bonds is 5. The number of nitrogens with zero attached hydrogens (tertiary/aromatic N) is 2.